The number of carbonyl (C=O) groups excluding carboxylic acids is 1. The van der Waals surface area contributed by atoms with Crippen LogP contribution >= 0.6 is 0 Å². The number of esters is 1. The molecule has 0 bridgehead atoms. The van der Waals surface area contributed by atoms with Crippen LogP contribution in [0.5, 0.6) is 0 Å². The van der Waals surface area contributed by atoms with Gasteiger partial charge in [-0.05, 0) is 74.1 Å². The van der Waals surface area contributed by atoms with Gasteiger partial charge in [-0.25, -0.2) is 9.18 Å². The molecule has 2 fully saturated rings. The molecule has 126 valence electrons. The van der Waals surface area contributed by atoms with Crippen LogP contribution in [0.3, 0.4) is 0 Å². The molecule has 2 aliphatic carbocycles. The highest BCUT2D eigenvalue weighted by molar-refractivity contribution is 5.89. The minimum atomic E-state index is -0.328. The van der Waals surface area contributed by atoms with Crippen LogP contribution in [0.4, 0.5) is 4.39 Å². The predicted octanol–water partition coefficient (Wildman–Crippen LogP) is 5.37. The molecule has 0 aromatic heterocycles. The Bertz CT molecular complexity index is 525. The number of ether oxygens (including phenoxy) is 1. The first-order valence-electron chi connectivity index (χ1n) is 9.12. The SMILES string of the molecule is CCC[C@@H]1CC[C@@H]2C[C@@H](OC(=O)c3ccc(F)cc3)CC[C@H]2C1. The second kappa shape index (κ2) is 7.46. The Kier molecular flexibility index (Phi) is 5.34. The minimum Gasteiger partial charge on any atom is -0.459 e. The Morgan fingerprint density at radius 2 is 1.78 bits per heavy atom. The Hall–Kier alpha value is -1.38. The average molecular weight is 318 g/mol. The Morgan fingerprint density at radius 3 is 2.52 bits per heavy atom. The summed E-state index contributed by atoms with van der Waals surface area (Å²) in [5.74, 6) is 1.84. The lowest BCUT2D eigenvalue weighted by Gasteiger charge is -2.41. The van der Waals surface area contributed by atoms with Crippen LogP contribution in [0.1, 0.15) is 68.6 Å². The third kappa shape index (κ3) is 4.13. The van der Waals surface area contributed by atoms with Crippen LogP contribution in [0.25, 0.3) is 0 Å². The van der Waals surface area contributed by atoms with Crippen molar-refractivity contribution in [3.63, 3.8) is 0 Å². The molecular weight excluding hydrogens is 291 g/mol. The summed E-state index contributed by atoms with van der Waals surface area (Å²) in [7, 11) is 0. The zero-order chi connectivity index (χ0) is 16.2. The van der Waals surface area contributed by atoms with Crippen molar-refractivity contribution in [3.8, 4) is 0 Å². The Morgan fingerprint density at radius 1 is 1.09 bits per heavy atom. The molecule has 0 heterocycles. The highest BCUT2D eigenvalue weighted by Crippen LogP contribution is 2.44. The number of halogens is 1. The molecule has 23 heavy (non-hydrogen) atoms. The van der Waals surface area contributed by atoms with Gasteiger partial charge in [-0.1, -0.05) is 26.2 Å². The summed E-state index contributed by atoms with van der Waals surface area (Å²) in [5.41, 5.74) is 0.445. The van der Waals surface area contributed by atoms with E-state index in [2.05, 4.69) is 6.92 Å². The van der Waals surface area contributed by atoms with Crippen molar-refractivity contribution in [3.05, 3.63) is 35.6 Å². The van der Waals surface area contributed by atoms with Crippen molar-refractivity contribution in [1.82, 2.24) is 0 Å². The van der Waals surface area contributed by atoms with Crippen LogP contribution in [0.2, 0.25) is 0 Å². The fourth-order valence-electron chi connectivity index (χ4n) is 4.53. The maximum absolute atomic E-state index is 12.9. The van der Waals surface area contributed by atoms with E-state index in [-0.39, 0.29) is 17.9 Å². The molecule has 3 heteroatoms. The summed E-state index contributed by atoms with van der Waals surface area (Å²) in [6.45, 7) is 2.28. The number of benzene rings is 1. The van der Waals surface area contributed by atoms with Crippen molar-refractivity contribution < 1.29 is 13.9 Å². The van der Waals surface area contributed by atoms with Crippen molar-refractivity contribution in [2.24, 2.45) is 17.8 Å². The molecule has 0 radical (unpaired) electrons. The van der Waals surface area contributed by atoms with E-state index in [4.69, 9.17) is 4.74 Å². The molecule has 1 aromatic rings. The molecule has 2 aliphatic rings. The quantitative estimate of drug-likeness (QED) is 0.698. The molecule has 4 atom stereocenters. The minimum absolute atomic E-state index is 0.0385. The lowest BCUT2D eigenvalue weighted by molar-refractivity contribution is -0.00620. The van der Waals surface area contributed by atoms with Gasteiger partial charge >= 0.3 is 5.97 Å². The van der Waals surface area contributed by atoms with Gasteiger partial charge in [-0.2, -0.15) is 0 Å². The van der Waals surface area contributed by atoms with E-state index in [1.807, 2.05) is 0 Å². The first kappa shape index (κ1) is 16.5. The van der Waals surface area contributed by atoms with Gasteiger partial charge in [0.2, 0.25) is 0 Å². The molecule has 0 N–H and O–H groups in total. The predicted molar refractivity (Wildman–Crippen MR) is 88.7 cm³/mol. The molecular formula is C20H27FO2. The fraction of sp³-hybridized carbons (Fsp3) is 0.650. The maximum Gasteiger partial charge on any atom is 0.338 e. The zero-order valence-corrected chi connectivity index (χ0v) is 14.0. The van der Waals surface area contributed by atoms with Gasteiger partial charge < -0.3 is 4.74 Å². The first-order chi connectivity index (χ1) is 11.2. The summed E-state index contributed by atoms with van der Waals surface area (Å²) >= 11 is 0. The van der Waals surface area contributed by atoms with E-state index in [0.717, 1.165) is 30.6 Å². The standard InChI is InChI=1S/C20H27FO2/c1-2-3-14-4-5-17-13-19(11-8-16(17)12-14)23-20(22)15-6-9-18(21)10-7-15/h6-7,9-10,14,16-17,19H,2-5,8,11-13H2,1H3/t14-,16+,17-,19+/m1/s1. The smallest absolute Gasteiger partial charge is 0.338 e. The largest absolute Gasteiger partial charge is 0.459 e. The molecule has 0 amide bonds. The second-order valence-electron chi connectivity index (χ2n) is 7.34. The van der Waals surface area contributed by atoms with Crippen molar-refractivity contribution in [2.75, 3.05) is 0 Å². The summed E-state index contributed by atoms with van der Waals surface area (Å²) in [6.07, 6.45) is 9.88. The van der Waals surface area contributed by atoms with Gasteiger partial charge in [0.25, 0.3) is 0 Å². The van der Waals surface area contributed by atoms with Crippen LogP contribution in [-0.4, -0.2) is 12.1 Å². The van der Waals surface area contributed by atoms with Gasteiger partial charge in [-0.3, -0.25) is 0 Å². The summed E-state index contributed by atoms with van der Waals surface area (Å²) in [4.78, 5) is 12.2. The van der Waals surface area contributed by atoms with Gasteiger partial charge in [0.1, 0.15) is 11.9 Å². The maximum atomic E-state index is 12.9. The molecule has 0 spiro atoms. The molecule has 2 nitrogen and oxygen atoms in total. The van der Waals surface area contributed by atoms with Gasteiger partial charge in [0.05, 0.1) is 5.56 Å². The van der Waals surface area contributed by atoms with E-state index >= 15 is 0 Å². The van der Waals surface area contributed by atoms with E-state index in [0.29, 0.717) is 5.56 Å². The Labute approximate surface area is 138 Å². The van der Waals surface area contributed by atoms with Gasteiger partial charge in [0, 0.05) is 0 Å². The van der Waals surface area contributed by atoms with Crippen LogP contribution in [0, 0.1) is 23.6 Å². The van der Waals surface area contributed by atoms with Crippen LogP contribution < -0.4 is 0 Å². The second-order valence-corrected chi connectivity index (χ2v) is 7.34. The number of carbonyl (C=O) groups is 1. The van der Waals surface area contributed by atoms with E-state index in [1.54, 1.807) is 0 Å². The number of hydrogen-bond acceptors (Lipinski definition) is 2. The van der Waals surface area contributed by atoms with Crippen LogP contribution in [-0.2, 0) is 4.74 Å². The first-order valence-corrected chi connectivity index (χ1v) is 9.12. The number of rotatable bonds is 4. The van der Waals surface area contributed by atoms with Crippen molar-refractivity contribution in [2.45, 2.75) is 64.4 Å². The summed E-state index contributed by atoms with van der Waals surface area (Å²) in [6, 6.07) is 5.61. The highest BCUT2D eigenvalue weighted by Gasteiger charge is 2.36. The summed E-state index contributed by atoms with van der Waals surface area (Å²) in [5, 5.41) is 0. The molecule has 3 rings (SSSR count). The normalized spacial score (nSPS) is 30.5. The fourth-order valence-corrected chi connectivity index (χ4v) is 4.53. The van der Waals surface area contributed by atoms with Crippen molar-refractivity contribution >= 4 is 5.97 Å². The van der Waals surface area contributed by atoms with E-state index in [1.165, 1.54) is 62.8 Å². The van der Waals surface area contributed by atoms with Crippen molar-refractivity contribution in [1.29, 1.82) is 0 Å². The third-order valence-corrected chi connectivity index (χ3v) is 5.72. The topological polar surface area (TPSA) is 26.3 Å². The molecule has 1 aromatic carbocycles. The molecule has 0 saturated heterocycles. The Balaban J connectivity index is 1.52. The van der Waals surface area contributed by atoms with E-state index in [9.17, 15) is 9.18 Å². The highest BCUT2D eigenvalue weighted by atomic mass is 19.1. The molecule has 2 saturated carbocycles. The monoisotopic (exact) mass is 318 g/mol. The molecule has 0 aliphatic heterocycles. The van der Waals surface area contributed by atoms with Crippen LogP contribution in [0.15, 0.2) is 24.3 Å². The van der Waals surface area contributed by atoms with Gasteiger partial charge in [-0.15, -0.1) is 0 Å². The lowest BCUT2D eigenvalue weighted by atomic mass is 9.66. The van der Waals surface area contributed by atoms with Gasteiger partial charge in [0.15, 0.2) is 0 Å². The number of hydrogen-bond donors (Lipinski definition) is 0. The lowest BCUT2D eigenvalue weighted by Crippen LogP contribution is -2.35. The zero-order valence-electron chi connectivity index (χ0n) is 14.0. The molecule has 0 unspecified atom stereocenters. The summed E-state index contributed by atoms with van der Waals surface area (Å²) < 4.78 is 18.6. The third-order valence-electron chi connectivity index (χ3n) is 5.72. The number of fused-ring (bicyclic) bond motifs is 1. The van der Waals surface area contributed by atoms with E-state index < -0.39 is 0 Å². The average Bonchev–Trinajstić information content (AvgIpc) is 2.56.